The molecule has 0 bridgehead atoms. The Balaban J connectivity index is 1.63. The summed E-state index contributed by atoms with van der Waals surface area (Å²) < 4.78 is 7.41. The maximum atomic E-state index is 12.4. The predicted octanol–water partition coefficient (Wildman–Crippen LogP) is 2.91. The lowest BCUT2D eigenvalue weighted by Gasteiger charge is -2.09. The fourth-order valence-electron chi connectivity index (χ4n) is 2.84. The topological polar surface area (TPSA) is 69.0 Å². The van der Waals surface area contributed by atoms with Crippen LogP contribution >= 0.6 is 0 Å². The highest BCUT2D eigenvalue weighted by Crippen LogP contribution is 2.26. The molecule has 0 fully saturated rings. The number of aryl methyl sites for hydroxylation is 2. The zero-order valence-electron chi connectivity index (χ0n) is 15.2. The highest BCUT2D eigenvalue weighted by molar-refractivity contribution is 5.95. The van der Waals surface area contributed by atoms with Crippen LogP contribution in [0.3, 0.4) is 0 Å². The van der Waals surface area contributed by atoms with Crippen molar-refractivity contribution < 1.29 is 9.53 Å². The molecule has 3 aromatic rings. The third kappa shape index (κ3) is 3.91. The molecule has 0 aliphatic rings. The number of amides is 1. The molecule has 134 valence electrons. The third-order valence-corrected chi connectivity index (χ3v) is 4.20. The number of nitrogens with one attached hydrogen (secondary N) is 1. The summed E-state index contributed by atoms with van der Waals surface area (Å²) in [7, 11) is 1.91. The van der Waals surface area contributed by atoms with Gasteiger partial charge >= 0.3 is 0 Å². The maximum Gasteiger partial charge on any atom is 0.252 e. The van der Waals surface area contributed by atoms with Crippen LogP contribution in [-0.2, 0) is 7.05 Å². The normalized spacial score (nSPS) is 10.6. The Morgan fingerprint density at radius 3 is 2.65 bits per heavy atom. The van der Waals surface area contributed by atoms with E-state index in [1.54, 1.807) is 12.4 Å². The van der Waals surface area contributed by atoms with Crippen molar-refractivity contribution in [2.45, 2.75) is 13.8 Å². The van der Waals surface area contributed by atoms with E-state index in [1.807, 2.05) is 62.0 Å². The van der Waals surface area contributed by atoms with Crippen LogP contribution in [0.2, 0.25) is 0 Å². The van der Waals surface area contributed by atoms with Gasteiger partial charge in [-0.2, -0.15) is 5.10 Å². The number of carbonyl (C=O) groups excluding carboxylic acids is 1. The van der Waals surface area contributed by atoms with Gasteiger partial charge in [0.15, 0.2) is 0 Å². The molecule has 3 rings (SSSR count). The molecule has 2 heterocycles. The van der Waals surface area contributed by atoms with E-state index in [9.17, 15) is 4.79 Å². The fraction of sp³-hybridized carbons (Fsp3) is 0.250. The second-order valence-corrected chi connectivity index (χ2v) is 6.05. The van der Waals surface area contributed by atoms with Crippen molar-refractivity contribution in [2.24, 2.45) is 7.05 Å². The zero-order valence-corrected chi connectivity index (χ0v) is 15.2. The van der Waals surface area contributed by atoms with Crippen molar-refractivity contribution in [2.75, 3.05) is 13.2 Å². The number of para-hydroxylation sites is 1. The van der Waals surface area contributed by atoms with Gasteiger partial charge in [-0.3, -0.25) is 14.5 Å². The maximum absolute atomic E-state index is 12.4. The standard InChI is InChI=1S/C20H22N4O2/c1-14-19(15(2)24(3)23-14)16-11-17(13-21-12-16)20(25)22-9-10-26-18-7-5-4-6-8-18/h4-8,11-13H,9-10H2,1-3H3,(H,22,25). The summed E-state index contributed by atoms with van der Waals surface area (Å²) >= 11 is 0. The molecule has 2 aromatic heterocycles. The van der Waals surface area contributed by atoms with Crippen LogP contribution in [0, 0.1) is 13.8 Å². The molecule has 6 heteroatoms. The van der Waals surface area contributed by atoms with Gasteiger partial charge in [0.25, 0.3) is 5.91 Å². The molecule has 0 saturated carbocycles. The molecule has 1 aromatic carbocycles. The van der Waals surface area contributed by atoms with E-state index in [4.69, 9.17) is 4.74 Å². The molecule has 0 spiro atoms. The predicted molar refractivity (Wildman–Crippen MR) is 100 cm³/mol. The van der Waals surface area contributed by atoms with E-state index in [0.717, 1.165) is 28.3 Å². The van der Waals surface area contributed by atoms with Crippen LogP contribution in [0.15, 0.2) is 48.8 Å². The van der Waals surface area contributed by atoms with Gasteiger partial charge in [-0.15, -0.1) is 0 Å². The second-order valence-electron chi connectivity index (χ2n) is 6.05. The smallest absolute Gasteiger partial charge is 0.252 e. The fourth-order valence-corrected chi connectivity index (χ4v) is 2.84. The first-order chi connectivity index (χ1) is 12.6. The number of pyridine rings is 1. The minimum atomic E-state index is -0.171. The molecule has 26 heavy (non-hydrogen) atoms. The molecule has 0 unspecified atom stereocenters. The number of carbonyl (C=O) groups is 1. The number of ether oxygens (including phenoxy) is 1. The number of hydrogen-bond acceptors (Lipinski definition) is 4. The molecular weight excluding hydrogens is 328 g/mol. The SMILES string of the molecule is Cc1nn(C)c(C)c1-c1cncc(C(=O)NCCOc2ccccc2)c1. The number of benzene rings is 1. The highest BCUT2D eigenvalue weighted by Gasteiger charge is 2.14. The third-order valence-electron chi connectivity index (χ3n) is 4.20. The van der Waals surface area contributed by atoms with Gasteiger partial charge in [0, 0.05) is 36.3 Å². The van der Waals surface area contributed by atoms with Crippen molar-refractivity contribution in [3.63, 3.8) is 0 Å². The molecule has 0 atom stereocenters. The first kappa shape index (κ1) is 17.7. The van der Waals surface area contributed by atoms with E-state index < -0.39 is 0 Å². The molecular formula is C20H22N4O2. The van der Waals surface area contributed by atoms with Gasteiger partial charge in [0.1, 0.15) is 12.4 Å². The van der Waals surface area contributed by atoms with E-state index in [1.165, 1.54) is 0 Å². The minimum absolute atomic E-state index is 0.171. The summed E-state index contributed by atoms with van der Waals surface area (Å²) in [6.07, 6.45) is 3.32. The van der Waals surface area contributed by atoms with E-state index >= 15 is 0 Å². The van der Waals surface area contributed by atoms with Gasteiger partial charge in [0.2, 0.25) is 0 Å². The van der Waals surface area contributed by atoms with Crippen molar-refractivity contribution in [3.05, 3.63) is 65.7 Å². The van der Waals surface area contributed by atoms with E-state index in [2.05, 4.69) is 15.4 Å². The minimum Gasteiger partial charge on any atom is -0.492 e. The number of aromatic nitrogens is 3. The summed E-state index contributed by atoms with van der Waals surface area (Å²) in [4.78, 5) is 16.6. The summed E-state index contributed by atoms with van der Waals surface area (Å²) in [6.45, 7) is 4.78. The molecule has 1 amide bonds. The Morgan fingerprint density at radius 1 is 1.19 bits per heavy atom. The van der Waals surface area contributed by atoms with Crippen LogP contribution in [0.25, 0.3) is 11.1 Å². The lowest BCUT2D eigenvalue weighted by atomic mass is 10.0. The van der Waals surface area contributed by atoms with Gasteiger partial charge < -0.3 is 10.1 Å². The van der Waals surface area contributed by atoms with Crippen LogP contribution in [0.5, 0.6) is 5.75 Å². The van der Waals surface area contributed by atoms with Gasteiger partial charge in [-0.1, -0.05) is 18.2 Å². The molecule has 0 aliphatic heterocycles. The first-order valence-electron chi connectivity index (χ1n) is 8.48. The Bertz CT molecular complexity index is 903. The summed E-state index contributed by atoms with van der Waals surface area (Å²) in [5.41, 5.74) is 4.38. The summed E-state index contributed by atoms with van der Waals surface area (Å²) in [5.74, 6) is 0.614. The lowest BCUT2D eigenvalue weighted by Crippen LogP contribution is -2.28. The Labute approximate surface area is 152 Å². The van der Waals surface area contributed by atoms with Crippen molar-refractivity contribution in [3.8, 4) is 16.9 Å². The first-order valence-corrected chi connectivity index (χ1v) is 8.48. The Kier molecular flexibility index (Phi) is 5.31. The Hall–Kier alpha value is -3.15. The number of hydrogen-bond donors (Lipinski definition) is 1. The quantitative estimate of drug-likeness (QED) is 0.694. The Morgan fingerprint density at radius 2 is 1.96 bits per heavy atom. The van der Waals surface area contributed by atoms with Gasteiger partial charge in [0.05, 0.1) is 17.8 Å². The van der Waals surface area contributed by atoms with Crippen molar-refractivity contribution in [1.29, 1.82) is 0 Å². The van der Waals surface area contributed by atoms with Gasteiger partial charge in [-0.05, 0) is 32.0 Å². The highest BCUT2D eigenvalue weighted by atomic mass is 16.5. The largest absolute Gasteiger partial charge is 0.492 e. The van der Waals surface area contributed by atoms with Crippen LogP contribution < -0.4 is 10.1 Å². The second kappa shape index (κ2) is 7.82. The van der Waals surface area contributed by atoms with Gasteiger partial charge in [-0.25, -0.2) is 0 Å². The molecule has 1 N–H and O–H groups in total. The van der Waals surface area contributed by atoms with Crippen LogP contribution in [0.1, 0.15) is 21.7 Å². The zero-order chi connectivity index (χ0) is 18.5. The summed E-state index contributed by atoms with van der Waals surface area (Å²) in [6, 6.07) is 11.4. The molecule has 0 saturated heterocycles. The monoisotopic (exact) mass is 350 g/mol. The van der Waals surface area contributed by atoms with Crippen molar-refractivity contribution >= 4 is 5.91 Å². The average Bonchev–Trinajstić information content (AvgIpc) is 2.91. The lowest BCUT2D eigenvalue weighted by molar-refractivity contribution is 0.0946. The number of rotatable bonds is 6. The van der Waals surface area contributed by atoms with E-state index in [0.29, 0.717) is 18.7 Å². The number of nitrogens with zero attached hydrogens (tertiary/aromatic N) is 3. The molecule has 6 nitrogen and oxygen atoms in total. The molecule has 0 radical (unpaired) electrons. The van der Waals surface area contributed by atoms with E-state index in [-0.39, 0.29) is 5.91 Å². The van der Waals surface area contributed by atoms with Crippen LogP contribution in [-0.4, -0.2) is 33.8 Å². The summed E-state index contributed by atoms with van der Waals surface area (Å²) in [5, 5.41) is 7.28. The molecule has 0 aliphatic carbocycles. The van der Waals surface area contributed by atoms with Crippen molar-refractivity contribution in [1.82, 2.24) is 20.1 Å². The average molecular weight is 350 g/mol. The van der Waals surface area contributed by atoms with Crippen LogP contribution in [0.4, 0.5) is 0 Å².